The van der Waals surface area contributed by atoms with E-state index in [2.05, 4.69) is 5.16 Å². The van der Waals surface area contributed by atoms with Gasteiger partial charge < -0.3 is 10.9 Å². The molecule has 1 aromatic rings. The van der Waals surface area contributed by atoms with Crippen molar-refractivity contribution in [3.63, 3.8) is 0 Å². The first kappa shape index (κ1) is 12.4. The lowest BCUT2D eigenvalue weighted by atomic mass is 10.2. The molecule has 0 unspecified atom stereocenters. The number of benzene rings is 1. The van der Waals surface area contributed by atoms with Gasteiger partial charge in [-0.05, 0) is 13.1 Å². The summed E-state index contributed by atoms with van der Waals surface area (Å²) in [6, 6.07) is 3.98. The van der Waals surface area contributed by atoms with Gasteiger partial charge in [0.1, 0.15) is 0 Å². The second-order valence-corrected chi connectivity index (χ2v) is 3.48. The van der Waals surface area contributed by atoms with Crippen LogP contribution in [0.3, 0.4) is 0 Å². The Kier molecular flexibility index (Phi) is 4.19. The predicted octanol–water partition coefficient (Wildman–Crippen LogP) is 1.14. The number of amidine groups is 1. The van der Waals surface area contributed by atoms with Gasteiger partial charge in [0, 0.05) is 12.1 Å². The summed E-state index contributed by atoms with van der Waals surface area (Å²) >= 11 is 0. The minimum absolute atomic E-state index is 0.0133. The molecule has 0 saturated heterocycles. The highest BCUT2D eigenvalue weighted by molar-refractivity contribution is 5.81. The van der Waals surface area contributed by atoms with E-state index in [0.29, 0.717) is 0 Å². The van der Waals surface area contributed by atoms with E-state index in [0.717, 1.165) is 6.07 Å². The molecule has 0 saturated carbocycles. The largest absolute Gasteiger partial charge is 0.409 e. The highest BCUT2D eigenvalue weighted by Crippen LogP contribution is 2.12. The Morgan fingerprint density at radius 2 is 2.19 bits per heavy atom. The zero-order valence-electron chi connectivity index (χ0n) is 8.82. The molecule has 0 atom stereocenters. The lowest BCUT2D eigenvalue weighted by Gasteiger charge is -2.15. The molecule has 16 heavy (non-hydrogen) atoms. The van der Waals surface area contributed by atoms with Crippen molar-refractivity contribution in [2.24, 2.45) is 10.9 Å². The van der Waals surface area contributed by atoms with Gasteiger partial charge in [0.2, 0.25) is 0 Å². The highest BCUT2D eigenvalue weighted by Gasteiger charge is 2.10. The van der Waals surface area contributed by atoms with E-state index in [9.17, 15) is 8.78 Å². The fraction of sp³-hybridized carbons (Fsp3) is 0.300. The van der Waals surface area contributed by atoms with E-state index in [-0.39, 0.29) is 24.5 Å². The normalized spacial score (nSPS) is 12.1. The zero-order chi connectivity index (χ0) is 12.1. The molecule has 6 heteroatoms. The van der Waals surface area contributed by atoms with Gasteiger partial charge in [-0.2, -0.15) is 0 Å². The molecule has 1 rings (SSSR count). The lowest BCUT2D eigenvalue weighted by Crippen LogP contribution is -2.30. The van der Waals surface area contributed by atoms with Crippen LogP contribution in [-0.4, -0.2) is 29.5 Å². The number of hydrogen-bond acceptors (Lipinski definition) is 3. The minimum Gasteiger partial charge on any atom is -0.409 e. The Hall–Kier alpha value is -1.69. The topological polar surface area (TPSA) is 61.8 Å². The molecule has 0 aliphatic rings. The zero-order valence-corrected chi connectivity index (χ0v) is 8.82. The number of rotatable bonds is 4. The van der Waals surface area contributed by atoms with Crippen LogP contribution in [0.25, 0.3) is 0 Å². The van der Waals surface area contributed by atoms with Crippen LogP contribution in [0.4, 0.5) is 8.78 Å². The van der Waals surface area contributed by atoms with Crippen molar-refractivity contribution in [3.8, 4) is 0 Å². The summed E-state index contributed by atoms with van der Waals surface area (Å²) in [5.74, 6) is -1.73. The van der Waals surface area contributed by atoms with Crippen LogP contribution in [0.2, 0.25) is 0 Å². The predicted molar refractivity (Wildman–Crippen MR) is 56.1 cm³/mol. The van der Waals surface area contributed by atoms with Gasteiger partial charge in [-0.15, -0.1) is 0 Å². The molecule has 0 spiro atoms. The van der Waals surface area contributed by atoms with Crippen LogP contribution >= 0.6 is 0 Å². The summed E-state index contributed by atoms with van der Waals surface area (Å²) in [7, 11) is 1.66. The van der Waals surface area contributed by atoms with Crippen molar-refractivity contribution in [1.29, 1.82) is 0 Å². The first-order chi connectivity index (χ1) is 7.54. The second kappa shape index (κ2) is 5.41. The third kappa shape index (κ3) is 3.16. The minimum atomic E-state index is -0.880. The average Bonchev–Trinajstić information content (AvgIpc) is 2.24. The lowest BCUT2D eigenvalue weighted by molar-refractivity contribution is 0.307. The van der Waals surface area contributed by atoms with Gasteiger partial charge in [0.25, 0.3) is 0 Å². The van der Waals surface area contributed by atoms with Crippen LogP contribution in [0, 0.1) is 11.6 Å². The van der Waals surface area contributed by atoms with E-state index >= 15 is 0 Å². The molecule has 1 aromatic carbocycles. The summed E-state index contributed by atoms with van der Waals surface area (Å²) in [4.78, 5) is 1.60. The maximum absolute atomic E-state index is 13.3. The molecule has 0 heterocycles. The van der Waals surface area contributed by atoms with Crippen molar-refractivity contribution in [2.75, 3.05) is 13.6 Å². The first-order valence-electron chi connectivity index (χ1n) is 4.62. The van der Waals surface area contributed by atoms with Gasteiger partial charge in [-0.25, -0.2) is 8.78 Å². The molecule has 0 fully saturated rings. The Labute approximate surface area is 92.0 Å². The van der Waals surface area contributed by atoms with Crippen LogP contribution in [0.5, 0.6) is 0 Å². The van der Waals surface area contributed by atoms with Crippen LogP contribution in [0.1, 0.15) is 5.56 Å². The fourth-order valence-corrected chi connectivity index (χ4v) is 1.33. The van der Waals surface area contributed by atoms with Gasteiger partial charge in [0.15, 0.2) is 17.5 Å². The number of nitrogens with zero attached hydrogens (tertiary/aromatic N) is 2. The van der Waals surface area contributed by atoms with Gasteiger partial charge in [0.05, 0.1) is 6.54 Å². The SMILES string of the molecule is CN(CC(N)=NO)Cc1cccc(F)c1F. The number of nitrogens with two attached hydrogens (primary N) is 1. The molecule has 0 aromatic heterocycles. The van der Waals surface area contributed by atoms with E-state index in [1.165, 1.54) is 12.1 Å². The molecule has 0 amide bonds. The van der Waals surface area contributed by atoms with E-state index < -0.39 is 11.6 Å². The van der Waals surface area contributed by atoms with E-state index in [1.54, 1.807) is 11.9 Å². The molecule has 0 radical (unpaired) electrons. The number of hydrogen-bond donors (Lipinski definition) is 2. The standard InChI is InChI=1S/C10H13F2N3O/c1-15(6-9(13)14-16)5-7-3-2-4-8(11)10(7)12/h2-4,16H,5-6H2,1H3,(H2,13,14). The van der Waals surface area contributed by atoms with Gasteiger partial charge >= 0.3 is 0 Å². The Bertz CT molecular complexity index is 396. The quantitative estimate of drug-likeness (QED) is 0.352. The van der Waals surface area contributed by atoms with Crippen molar-refractivity contribution in [3.05, 3.63) is 35.4 Å². The summed E-state index contributed by atoms with van der Waals surface area (Å²) in [5.41, 5.74) is 5.52. The second-order valence-electron chi connectivity index (χ2n) is 3.48. The molecule has 0 bridgehead atoms. The van der Waals surface area contributed by atoms with E-state index in [1.807, 2.05) is 0 Å². The van der Waals surface area contributed by atoms with Crippen LogP contribution in [-0.2, 0) is 6.54 Å². The Morgan fingerprint density at radius 1 is 1.50 bits per heavy atom. The molecular formula is C10H13F2N3O. The monoisotopic (exact) mass is 229 g/mol. The molecule has 3 N–H and O–H groups in total. The first-order valence-corrected chi connectivity index (χ1v) is 4.62. The van der Waals surface area contributed by atoms with Gasteiger partial charge in [-0.1, -0.05) is 17.3 Å². The van der Waals surface area contributed by atoms with E-state index in [4.69, 9.17) is 10.9 Å². The van der Waals surface area contributed by atoms with Crippen LogP contribution in [0.15, 0.2) is 23.4 Å². The molecular weight excluding hydrogens is 216 g/mol. The third-order valence-electron chi connectivity index (χ3n) is 2.03. The molecule has 0 aliphatic heterocycles. The number of oxime groups is 1. The van der Waals surface area contributed by atoms with Crippen molar-refractivity contribution >= 4 is 5.84 Å². The summed E-state index contributed by atoms with van der Waals surface area (Å²) in [5, 5.41) is 11.1. The maximum atomic E-state index is 13.3. The van der Waals surface area contributed by atoms with Crippen LogP contribution < -0.4 is 5.73 Å². The summed E-state index contributed by atoms with van der Waals surface area (Å²) < 4.78 is 26.1. The number of likely N-dealkylation sites (N-methyl/N-ethyl adjacent to an activating group) is 1. The average molecular weight is 229 g/mol. The Balaban J connectivity index is 2.70. The third-order valence-corrected chi connectivity index (χ3v) is 2.03. The number of halogens is 2. The highest BCUT2D eigenvalue weighted by atomic mass is 19.2. The molecule has 0 aliphatic carbocycles. The fourth-order valence-electron chi connectivity index (χ4n) is 1.33. The summed E-state index contributed by atoms with van der Waals surface area (Å²) in [6.45, 7) is 0.353. The molecule has 4 nitrogen and oxygen atoms in total. The van der Waals surface area contributed by atoms with Crippen molar-refractivity contribution < 1.29 is 14.0 Å². The smallest absolute Gasteiger partial charge is 0.163 e. The molecule has 88 valence electrons. The van der Waals surface area contributed by atoms with Crippen molar-refractivity contribution in [2.45, 2.75) is 6.54 Å². The van der Waals surface area contributed by atoms with Crippen molar-refractivity contribution in [1.82, 2.24) is 4.90 Å². The Morgan fingerprint density at radius 3 is 2.81 bits per heavy atom. The summed E-state index contributed by atoms with van der Waals surface area (Å²) in [6.07, 6.45) is 0. The maximum Gasteiger partial charge on any atom is 0.163 e. The van der Waals surface area contributed by atoms with Gasteiger partial charge in [-0.3, -0.25) is 4.90 Å².